The quantitative estimate of drug-likeness (QED) is 0.458. The zero-order chi connectivity index (χ0) is 28.0. The number of fused-ring (bicyclic) bond motifs is 2. The van der Waals surface area contributed by atoms with Gasteiger partial charge >= 0.3 is 0 Å². The van der Waals surface area contributed by atoms with E-state index in [1.807, 2.05) is 25.6 Å². The van der Waals surface area contributed by atoms with E-state index in [9.17, 15) is 9.18 Å². The van der Waals surface area contributed by atoms with Gasteiger partial charge in [-0.2, -0.15) is 0 Å². The number of nitrogen functional groups attached to an aromatic ring is 1. The van der Waals surface area contributed by atoms with E-state index in [2.05, 4.69) is 19.7 Å². The molecule has 1 aromatic carbocycles. The first-order valence-electron chi connectivity index (χ1n) is 13.7. The Balaban J connectivity index is 1.28. The zero-order valence-electron chi connectivity index (χ0n) is 22.9. The number of ether oxygens (including phenoxy) is 1. The maximum absolute atomic E-state index is 14.3. The number of morpholine rings is 1. The Morgan fingerprint density at radius 1 is 1.12 bits per heavy atom. The summed E-state index contributed by atoms with van der Waals surface area (Å²) in [6.07, 6.45) is 2.46. The topological polar surface area (TPSA) is 127 Å². The first-order chi connectivity index (χ1) is 19.2. The summed E-state index contributed by atoms with van der Waals surface area (Å²) in [7, 11) is 0. The van der Waals surface area contributed by atoms with Crippen LogP contribution in [0.15, 0.2) is 29.3 Å². The number of anilines is 2. The van der Waals surface area contributed by atoms with Crippen LogP contribution in [-0.2, 0) is 16.0 Å². The Bertz CT molecular complexity index is 1440. The second-order valence-corrected chi connectivity index (χ2v) is 12.5. The van der Waals surface area contributed by atoms with Crippen molar-refractivity contribution < 1.29 is 13.9 Å². The number of nitrogens with two attached hydrogens (primary N) is 2. The highest BCUT2D eigenvalue weighted by molar-refractivity contribution is 8.00. The Kier molecular flexibility index (Phi) is 7.28. The van der Waals surface area contributed by atoms with Crippen molar-refractivity contribution >= 4 is 40.1 Å². The van der Waals surface area contributed by atoms with Gasteiger partial charge in [0.15, 0.2) is 5.82 Å². The van der Waals surface area contributed by atoms with Gasteiger partial charge in [0.05, 0.1) is 29.3 Å². The van der Waals surface area contributed by atoms with E-state index < -0.39 is 5.54 Å². The predicted molar refractivity (Wildman–Crippen MR) is 155 cm³/mol. The summed E-state index contributed by atoms with van der Waals surface area (Å²) in [5.74, 6) is 1.16. The summed E-state index contributed by atoms with van der Waals surface area (Å²) in [4.78, 5) is 34.4. The second-order valence-electron chi connectivity index (χ2n) is 11.1. The van der Waals surface area contributed by atoms with Crippen LogP contribution < -0.4 is 16.4 Å². The molecule has 3 aromatic rings. The van der Waals surface area contributed by atoms with E-state index >= 15 is 0 Å². The summed E-state index contributed by atoms with van der Waals surface area (Å²) in [5.41, 5.74) is 12.8. The minimum absolute atomic E-state index is 0.292. The minimum atomic E-state index is -0.645. The molecule has 0 bridgehead atoms. The van der Waals surface area contributed by atoms with Gasteiger partial charge in [0, 0.05) is 80.0 Å². The molecule has 2 aromatic heterocycles. The van der Waals surface area contributed by atoms with E-state index in [0.717, 1.165) is 68.6 Å². The predicted octanol–water partition coefficient (Wildman–Crippen LogP) is 2.15. The number of rotatable bonds is 6. The molecule has 0 radical (unpaired) electrons. The molecule has 0 spiro atoms. The molecule has 40 heavy (non-hydrogen) atoms. The van der Waals surface area contributed by atoms with E-state index in [0.29, 0.717) is 46.4 Å². The summed E-state index contributed by atoms with van der Waals surface area (Å²) in [5, 5.41) is 1.66. The molecule has 2 fully saturated rings. The fourth-order valence-corrected chi connectivity index (χ4v) is 7.13. The first kappa shape index (κ1) is 27.1. The molecule has 1 unspecified atom stereocenters. The molecular formula is C28H35FN8O2S. The van der Waals surface area contributed by atoms with Crippen molar-refractivity contribution in [2.24, 2.45) is 5.73 Å². The van der Waals surface area contributed by atoms with Gasteiger partial charge in [-0.3, -0.25) is 14.6 Å². The molecular weight excluding hydrogens is 531 g/mol. The van der Waals surface area contributed by atoms with Crippen LogP contribution in [0, 0.1) is 5.82 Å². The van der Waals surface area contributed by atoms with Crippen molar-refractivity contribution in [2.75, 3.05) is 69.7 Å². The average molecular weight is 567 g/mol. The van der Waals surface area contributed by atoms with Crippen LogP contribution in [0.2, 0.25) is 0 Å². The highest BCUT2D eigenvalue weighted by atomic mass is 32.2. The van der Waals surface area contributed by atoms with Crippen molar-refractivity contribution in [2.45, 2.75) is 36.0 Å². The molecule has 3 aliphatic rings. The fourth-order valence-electron chi connectivity index (χ4n) is 5.73. The summed E-state index contributed by atoms with van der Waals surface area (Å²) in [6.45, 7) is 10.9. The van der Waals surface area contributed by atoms with Gasteiger partial charge in [0.25, 0.3) is 0 Å². The fraction of sp³-hybridized carbons (Fsp3) is 0.500. The number of hydrogen-bond acceptors (Lipinski definition) is 10. The van der Waals surface area contributed by atoms with Crippen LogP contribution in [0.1, 0.15) is 19.5 Å². The zero-order valence-corrected chi connectivity index (χ0v) is 23.7. The number of nitrogens with zero attached hydrogens (tertiary/aromatic N) is 6. The number of carbonyl (C=O) groups excluding carboxylic acids is 1. The third kappa shape index (κ3) is 5.09. The largest absolute Gasteiger partial charge is 0.383 e. The number of primary amides is 1. The van der Waals surface area contributed by atoms with Crippen LogP contribution in [-0.4, -0.2) is 100 Å². The summed E-state index contributed by atoms with van der Waals surface area (Å²) >= 11 is 1.84. The highest BCUT2D eigenvalue weighted by Gasteiger charge is 2.37. The van der Waals surface area contributed by atoms with Gasteiger partial charge in [-0.25, -0.2) is 19.3 Å². The lowest BCUT2D eigenvalue weighted by Gasteiger charge is -2.42. The van der Waals surface area contributed by atoms with Gasteiger partial charge in [0.2, 0.25) is 5.91 Å². The maximum Gasteiger partial charge on any atom is 0.237 e. The summed E-state index contributed by atoms with van der Waals surface area (Å²) in [6, 6.07) is 4.52. The molecule has 2 saturated heterocycles. The molecule has 4 N–H and O–H groups in total. The average Bonchev–Trinajstić information content (AvgIpc) is 3.35. The normalized spacial score (nSPS) is 20.7. The number of hydrogen-bond donors (Lipinski definition) is 2. The van der Waals surface area contributed by atoms with Crippen molar-refractivity contribution in [1.82, 2.24) is 24.8 Å². The third-order valence-corrected chi connectivity index (χ3v) is 9.59. The number of thioether (sulfide) groups is 1. The number of amides is 1. The standard InChI is InChI=1S/C28H35FN8O2S/c1-28(2,27(31)38)37-7-5-35(6-8-37)16-18-14-22-23(40-18)26(36-9-11-39-12-10-36)34-25(33-22)21-15-32-24(30)19-4-3-17(29)13-20(19)21/h3-4,13,15,18H,5-12,14,16H2,1-2H3,(H2,30,32)(H2,31,38). The smallest absolute Gasteiger partial charge is 0.237 e. The van der Waals surface area contributed by atoms with Crippen LogP contribution in [0.3, 0.4) is 0 Å². The Hall–Kier alpha value is -3.06. The molecule has 1 atom stereocenters. The molecule has 0 saturated carbocycles. The Labute approximate surface area is 237 Å². The Morgan fingerprint density at radius 3 is 2.60 bits per heavy atom. The van der Waals surface area contributed by atoms with Gasteiger partial charge in [0.1, 0.15) is 17.5 Å². The molecule has 10 nitrogen and oxygen atoms in total. The number of piperazine rings is 1. The van der Waals surface area contributed by atoms with Gasteiger partial charge in [-0.05, 0) is 32.0 Å². The highest BCUT2D eigenvalue weighted by Crippen LogP contribution is 2.44. The number of benzene rings is 1. The Morgan fingerprint density at radius 2 is 1.88 bits per heavy atom. The first-order valence-corrected chi connectivity index (χ1v) is 14.6. The molecule has 12 heteroatoms. The van der Waals surface area contributed by atoms with Gasteiger partial charge < -0.3 is 21.1 Å². The lowest BCUT2D eigenvalue weighted by Crippen LogP contribution is -2.60. The maximum atomic E-state index is 14.3. The van der Waals surface area contributed by atoms with E-state index in [4.69, 9.17) is 26.2 Å². The lowest BCUT2D eigenvalue weighted by atomic mass is 10.0. The van der Waals surface area contributed by atoms with Crippen molar-refractivity contribution in [1.29, 1.82) is 0 Å². The molecule has 5 heterocycles. The molecule has 0 aliphatic carbocycles. The van der Waals surface area contributed by atoms with Crippen LogP contribution in [0.4, 0.5) is 16.0 Å². The molecule has 6 rings (SSSR count). The minimum Gasteiger partial charge on any atom is -0.383 e. The van der Waals surface area contributed by atoms with E-state index in [1.165, 1.54) is 12.1 Å². The second kappa shape index (κ2) is 10.7. The van der Waals surface area contributed by atoms with Crippen molar-refractivity contribution in [3.8, 4) is 11.4 Å². The molecule has 3 aliphatic heterocycles. The van der Waals surface area contributed by atoms with E-state index in [1.54, 1.807) is 12.3 Å². The SMILES string of the molecule is CC(C)(C(N)=O)N1CCN(CC2Cc3nc(-c4cnc(N)c5ccc(F)cc45)nc(N4CCOCC4)c3S2)CC1. The summed E-state index contributed by atoms with van der Waals surface area (Å²) < 4.78 is 19.9. The van der Waals surface area contributed by atoms with Crippen LogP contribution in [0.25, 0.3) is 22.2 Å². The van der Waals surface area contributed by atoms with E-state index in [-0.39, 0.29) is 11.7 Å². The number of aromatic nitrogens is 3. The number of pyridine rings is 1. The van der Waals surface area contributed by atoms with Crippen molar-refractivity contribution in [3.63, 3.8) is 0 Å². The van der Waals surface area contributed by atoms with Gasteiger partial charge in [-0.15, -0.1) is 11.8 Å². The molecule has 1 amide bonds. The van der Waals surface area contributed by atoms with Crippen LogP contribution >= 0.6 is 11.8 Å². The van der Waals surface area contributed by atoms with Crippen LogP contribution in [0.5, 0.6) is 0 Å². The third-order valence-electron chi connectivity index (χ3n) is 8.28. The molecule has 212 valence electrons. The lowest BCUT2D eigenvalue weighted by molar-refractivity contribution is -0.129. The number of carbonyl (C=O) groups is 1. The number of halogens is 1. The van der Waals surface area contributed by atoms with Crippen molar-refractivity contribution in [3.05, 3.63) is 35.9 Å². The van der Waals surface area contributed by atoms with Gasteiger partial charge in [-0.1, -0.05) is 0 Å². The monoisotopic (exact) mass is 566 g/mol.